The number of rotatable bonds is 3. The van der Waals surface area contributed by atoms with Crippen molar-refractivity contribution in [3.05, 3.63) is 0 Å². The molecule has 0 aromatic rings. The predicted octanol–water partition coefficient (Wildman–Crippen LogP) is 0.604. The highest BCUT2D eigenvalue weighted by Crippen LogP contribution is 2.57. The molecule has 4 nitrogen and oxygen atoms in total. The Hall–Kier alpha value is -1.20. The number of ether oxygens (including phenoxy) is 2. The van der Waals surface area contributed by atoms with Crippen LogP contribution in [0.2, 0.25) is 0 Å². The first-order valence-electron chi connectivity index (χ1n) is 3.95. The van der Waals surface area contributed by atoms with Gasteiger partial charge in [-0.15, -0.1) is 0 Å². The van der Waals surface area contributed by atoms with Crippen LogP contribution in [0, 0.1) is 11.3 Å². The Labute approximate surface area is 79.2 Å². The molecule has 1 fully saturated rings. The summed E-state index contributed by atoms with van der Waals surface area (Å²) in [6, 6.07) is 0. The monoisotopic (exact) mass is 208 g/mol. The third-order valence-corrected chi connectivity index (χ3v) is 2.42. The Bertz CT molecular complexity index is 248. The van der Waals surface area contributed by atoms with Gasteiger partial charge < -0.3 is 9.47 Å². The number of carbonyl (C=O) groups excluding carboxylic acids is 2. The molecule has 0 heterocycles. The van der Waals surface area contributed by atoms with Crippen molar-refractivity contribution >= 4 is 11.9 Å². The molecule has 6 heteroatoms. The van der Waals surface area contributed by atoms with Gasteiger partial charge in [-0.25, -0.2) is 8.78 Å². The molecule has 14 heavy (non-hydrogen) atoms. The second-order valence-electron chi connectivity index (χ2n) is 3.10. The molecule has 0 aromatic carbocycles. The molecule has 0 radical (unpaired) electrons. The standard InChI is InChI=1S/C8H10F2O4/c1-13-6(11)8(7(12)14-2)3-4(8)5(9)10/h4-5H,3H2,1-2H3. The molecule has 1 aliphatic carbocycles. The highest BCUT2D eigenvalue weighted by Gasteiger charge is 2.71. The molecule has 1 rings (SSSR count). The van der Waals surface area contributed by atoms with Crippen molar-refractivity contribution in [2.75, 3.05) is 14.2 Å². The van der Waals surface area contributed by atoms with Crippen LogP contribution in [0.1, 0.15) is 6.42 Å². The first-order chi connectivity index (χ1) is 6.50. The van der Waals surface area contributed by atoms with Gasteiger partial charge in [-0.2, -0.15) is 0 Å². The molecule has 0 N–H and O–H groups in total. The fourth-order valence-corrected chi connectivity index (χ4v) is 1.51. The molecule has 80 valence electrons. The van der Waals surface area contributed by atoms with E-state index in [1.165, 1.54) is 0 Å². The summed E-state index contributed by atoms with van der Waals surface area (Å²) in [5, 5.41) is 0. The maximum Gasteiger partial charge on any atom is 0.323 e. The number of methoxy groups -OCH3 is 2. The minimum Gasteiger partial charge on any atom is -0.468 e. The molecule has 0 aliphatic heterocycles. The summed E-state index contributed by atoms with van der Waals surface area (Å²) in [6.45, 7) is 0. The molecule has 0 aromatic heterocycles. The highest BCUT2D eigenvalue weighted by molar-refractivity contribution is 6.03. The lowest BCUT2D eigenvalue weighted by atomic mass is 10.0. The SMILES string of the molecule is COC(=O)C1(C(=O)OC)CC1C(F)F. The van der Waals surface area contributed by atoms with Gasteiger partial charge in [0.25, 0.3) is 0 Å². The zero-order valence-electron chi connectivity index (χ0n) is 7.75. The Morgan fingerprint density at radius 1 is 1.29 bits per heavy atom. The van der Waals surface area contributed by atoms with E-state index in [1.807, 2.05) is 0 Å². The van der Waals surface area contributed by atoms with Gasteiger partial charge in [0.15, 0.2) is 5.41 Å². The number of hydrogen-bond acceptors (Lipinski definition) is 4. The molecule has 0 spiro atoms. The first kappa shape index (κ1) is 10.9. The quantitative estimate of drug-likeness (QED) is 0.503. The smallest absolute Gasteiger partial charge is 0.323 e. The van der Waals surface area contributed by atoms with E-state index in [2.05, 4.69) is 9.47 Å². The zero-order chi connectivity index (χ0) is 10.9. The fraction of sp³-hybridized carbons (Fsp3) is 0.750. The van der Waals surface area contributed by atoms with Crippen LogP contribution >= 0.6 is 0 Å². The average Bonchev–Trinajstić information content (AvgIpc) is 2.91. The van der Waals surface area contributed by atoms with E-state index in [9.17, 15) is 18.4 Å². The Kier molecular flexibility index (Phi) is 2.73. The van der Waals surface area contributed by atoms with Crippen molar-refractivity contribution < 1.29 is 27.8 Å². The highest BCUT2D eigenvalue weighted by atomic mass is 19.3. The summed E-state index contributed by atoms with van der Waals surface area (Å²) in [4.78, 5) is 22.3. The van der Waals surface area contributed by atoms with Gasteiger partial charge in [0.05, 0.1) is 14.2 Å². The lowest BCUT2D eigenvalue weighted by Crippen LogP contribution is -2.31. The van der Waals surface area contributed by atoms with Crippen molar-refractivity contribution in [1.29, 1.82) is 0 Å². The van der Waals surface area contributed by atoms with Crippen molar-refractivity contribution in [1.82, 2.24) is 0 Å². The minimum absolute atomic E-state index is 0.204. The van der Waals surface area contributed by atoms with Crippen molar-refractivity contribution in [3.63, 3.8) is 0 Å². The number of hydrogen-bond donors (Lipinski definition) is 0. The van der Waals surface area contributed by atoms with Gasteiger partial charge in [0.1, 0.15) is 0 Å². The van der Waals surface area contributed by atoms with Crippen molar-refractivity contribution in [2.45, 2.75) is 12.8 Å². The summed E-state index contributed by atoms with van der Waals surface area (Å²) in [7, 11) is 2.10. The molecule has 1 aliphatic rings. The Balaban J connectivity index is 2.86. The number of esters is 2. The average molecular weight is 208 g/mol. The van der Waals surface area contributed by atoms with E-state index >= 15 is 0 Å². The summed E-state index contributed by atoms with van der Waals surface area (Å²) in [5.41, 5.74) is -1.77. The zero-order valence-corrected chi connectivity index (χ0v) is 7.75. The summed E-state index contributed by atoms with van der Waals surface area (Å²) in [6.07, 6.45) is -2.92. The van der Waals surface area contributed by atoms with Crippen LogP contribution < -0.4 is 0 Å². The molecule has 1 unspecified atom stereocenters. The van der Waals surface area contributed by atoms with Crippen molar-refractivity contribution in [3.8, 4) is 0 Å². The fourth-order valence-electron chi connectivity index (χ4n) is 1.51. The van der Waals surface area contributed by atoms with Crippen LogP contribution in [0.5, 0.6) is 0 Å². The van der Waals surface area contributed by atoms with Crippen LogP contribution in [-0.2, 0) is 19.1 Å². The summed E-state index contributed by atoms with van der Waals surface area (Å²) in [5.74, 6) is -3.17. The lowest BCUT2D eigenvalue weighted by molar-refractivity contribution is -0.163. The van der Waals surface area contributed by atoms with E-state index < -0.39 is 29.7 Å². The summed E-state index contributed by atoms with van der Waals surface area (Å²) < 4.78 is 33.2. The molecule has 0 amide bonds. The second-order valence-corrected chi connectivity index (χ2v) is 3.10. The van der Waals surface area contributed by atoms with Crippen LogP contribution in [0.15, 0.2) is 0 Å². The van der Waals surface area contributed by atoms with Crippen LogP contribution in [0.4, 0.5) is 8.78 Å². The Morgan fingerprint density at radius 2 is 1.71 bits per heavy atom. The van der Waals surface area contributed by atoms with Crippen molar-refractivity contribution in [2.24, 2.45) is 11.3 Å². The normalized spacial score (nSPS) is 23.1. The van der Waals surface area contributed by atoms with Gasteiger partial charge in [0.2, 0.25) is 6.43 Å². The maximum atomic E-state index is 12.3. The lowest BCUT2D eigenvalue weighted by Gasteiger charge is -2.11. The van der Waals surface area contributed by atoms with E-state index in [4.69, 9.17) is 0 Å². The van der Waals surface area contributed by atoms with Crippen LogP contribution in [-0.4, -0.2) is 32.6 Å². The third kappa shape index (κ3) is 1.34. The van der Waals surface area contributed by atoms with E-state index in [0.717, 1.165) is 14.2 Å². The third-order valence-electron chi connectivity index (χ3n) is 2.42. The Morgan fingerprint density at radius 3 is 1.93 bits per heavy atom. The number of alkyl halides is 2. The van der Waals surface area contributed by atoms with Crippen LogP contribution in [0.25, 0.3) is 0 Å². The molecule has 0 saturated heterocycles. The molecule has 1 saturated carbocycles. The topological polar surface area (TPSA) is 52.6 Å². The van der Waals surface area contributed by atoms with Gasteiger partial charge in [0, 0.05) is 5.92 Å². The maximum absolute atomic E-state index is 12.3. The van der Waals surface area contributed by atoms with E-state index in [-0.39, 0.29) is 6.42 Å². The van der Waals surface area contributed by atoms with Crippen LogP contribution in [0.3, 0.4) is 0 Å². The van der Waals surface area contributed by atoms with Gasteiger partial charge >= 0.3 is 11.9 Å². The predicted molar refractivity (Wildman–Crippen MR) is 40.6 cm³/mol. The van der Waals surface area contributed by atoms with Gasteiger partial charge in [-0.1, -0.05) is 0 Å². The first-order valence-corrected chi connectivity index (χ1v) is 3.95. The minimum atomic E-state index is -2.71. The number of halogens is 2. The summed E-state index contributed by atoms with van der Waals surface area (Å²) >= 11 is 0. The number of carbonyl (C=O) groups is 2. The van der Waals surface area contributed by atoms with Gasteiger partial charge in [-0.05, 0) is 6.42 Å². The second kappa shape index (κ2) is 3.51. The van der Waals surface area contributed by atoms with E-state index in [0.29, 0.717) is 0 Å². The molecule has 1 atom stereocenters. The largest absolute Gasteiger partial charge is 0.468 e. The van der Waals surface area contributed by atoms with E-state index in [1.54, 1.807) is 0 Å². The molecular formula is C8H10F2O4. The molecule has 0 bridgehead atoms. The van der Waals surface area contributed by atoms with Gasteiger partial charge in [-0.3, -0.25) is 9.59 Å². The molecular weight excluding hydrogens is 198 g/mol.